The van der Waals surface area contributed by atoms with E-state index in [1.165, 1.54) is 0 Å². The van der Waals surface area contributed by atoms with E-state index >= 15 is 0 Å². The summed E-state index contributed by atoms with van der Waals surface area (Å²) in [5.74, 6) is 0.194. The number of carbonyl (C=O) groups is 1. The summed E-state index contributed by atoms with van der Waals surface area (Å²) in [5.41, 5.74) is 5.40. The Morgan fingerprint density at radius 1 is 1.50 bits per heavy atom. The van der Waals surface area contributed by atoms with Crippen LogP contribution in [0.4, 0.5) is 0 Å². The maximum absolute atomic E-state index is 11.1. The van der Waals surface area contributed by atoms with Crippen LogP contribution >= 0.6 is 0 Å². The van der Waals surface area contributed by atoms with Gasteiger partial charge in [-0.3, -0.25) is 4.79 Å². The van der Waals surface area contributed by atoms with Gasteiger partial charge in [-0.2, -0.15) is 0 Å². The summed E-state index contributed by atoms with van der Waals surface area (Å²) in [6.45, 7) is 4.18. The third-order valence-corrected chi connectivity index (χ3v) is 1.72. The van der Waals surface area contributed by atoms with E-state index in [0.29, 0.717) is 32.2 Å². The summed E-state index contributed by atoms with van der Waals surface area (Å²) < 4.78 is 9.80. The molecule has 0 heterocycles. The predicted molar refractivity (Wildman–Crippen MR) is 53.9 cm³/mol. The summed E-state index contributed by atoms with van der Waals surface area (Å²) in [6.07, 6.45) is 0. The topological polar surface area (TPSA) is 73.6 Å². The summed E-state index contributed by atoms with van der Waals surface area (Å²) in [4.78, 5) is 11.1. The molecular weight excluding hydrogens is 184 g/mol. The first-order valence-corrected chi connectivity index (χ1v) is 4.74. The molecule has 0 rings (SSSR count). The van der Waals surface area contributed by atoms with Crippen molar-refractivity contribution in [3.05, 3.63) is 0 Å². The molecule has 0 fully saturated rings. The Morgan fingerprint density at radius 2 is 2.21 bits per heavy atom. The van der Waals surface area contributed by atoms with Gasteiger partial charge in [-0.15, -0.1) is 0 Å². The molecule has 0 aliphatic carbocycles. The zero-order chi connectivity index (χ0) is 10.8. The molecule has 0 aliphatic heterocycles. The van der Waals surface area contributed by atoms with Crippen LogP contribution in [0.1, 0.15) is 6.92 Å². The molecular formula is C9H20N2O3. The molecule has 14 heavy (non-hydrogen) atoms. The molecule has 0 aromatic rings. The van der Waals surface area contributed by atoms with Crippen LogP contribution in [0.2, 0.25) is 0 Å². The molecule has 84 valence electrons. The lowest BCUT2D eigenvalue weighted by molar-refractivity contribution is -0.126. The Balaban J connectivity index is 3.28. The fourth-order valence-corrected chi connectivity index (χ4v) is 0.730. The highest BCUT2D eigenvalue weighted by atomic mass is 16.5. The van der Waals surface area contributed by atoms with Crippen LogP contribution in [0.15, 0.2) is 0 Å². The van der Waals surface area contributed by atoms with Gasteiger partial charge in [0.2, 0.25) is 5.91 Å². The highest BCUT2D eigenvalue weighted by molar-refractivity contribution is 5.77. The van der Waals surface area contributed by atoms with Crippen LogP contribution in [0, 0.1) is 5.92 Å². The fraction of sp³-hybridized carbons (Fsp3) is 0.889. The Kier molecular flexibility index (Phi) is 8.51. The van der Waals surface area contributed by atoms with Crippen molar-refractivity contribution in [2.45, 2.75) is 6.92 Å². The van der Waals surface area contributed by atoms with Crippen molar-refractivity contribution in [3.63, 3.8) is 0 Å². The van der Waals surface area contributed by atoms with Crippen molar-refractivity contribution in [2.24, 2.45) is 11.7 Å². The monoisotopic (exact) mass is 204 g/mol. The lowest BCUT2D eigenvalue weighted by atomic mass is 10.2. The molecule has 0 aromatic heterocycles. The highest BCUT2D eigenvalue weighted by Gasteiger charge is 2.03. The van der Waals surface area contributed by atoms with E-state index in [1.54, 1.807) is 7.11 Å². The second-order valence-electron chi connectivity index (χ2n) is 3.19. The largest absolute Gasteiger partial charge is 0.382 e. The van der Waals surface area contributed by atoms with Gasteiger partial charge in [0.25, 0.3) is 0 Å². The molecule has 0 aromatic carbocycles. The average Bonchev–Trinajstić information content (AvgIpc) is 2.21. The van der Waals surface area contributed by atoms with E-state index in [4.69, 9.17) is 15.2 Å². The van der Waals surface area contributed by atoms with Crippen LogP contribution in [-0.4, -0.2) is 45.9 Å². The Hall–Kier alpha value is -0.650. The minimum atomic E-state index is -0.110. The van der Waals surface area contributed by atoms with Crippen LogP contribution in [0.3, 0.4) is 0 Å². The number of carbonyl (C=O) groups excluding carboxylic acids is 1. The molecule has 0 radical (unpaired) electrons. The predicted octanol–water partition coefficient (Wildman–Crippen LogP) is -0.640. The van der Waals surface area contributed by atoms with E-state index < -0.39 is 0 Å². The third-order valence-electron chi connectivity index (χ3n) is 1.72. The van der Waals surface area contributed by atoms with Crippen molar-refractivity contribution in [3.8, 4) is 0 Å². The summed E-state index contributed by atoms with van der Waals surface area (Å²) in [6, 6.07) is 0. The van der Waals surface area contributed by atoms with Crippen molar-refractivity contribution in [1.82, 2.24) is 5.32 Å². The van der Waals surface area contributed by atoms with Gasteiger partial charge in [0, 0.05) is 13.7 Å². The molecule has 0 aliphatic rings. The number of hydrogen-bond acceptors (Lipinski definition) is 4. The van der Waals surface area contributed by atoms with E-state index in [9.17, 15) is 4.79 Å². The van der Waals surface area contributed by atoms with Gasteiger partial charge in [-0.25, -0.2) is 0 Å². The minimum absolute atomic E-state index is 0.0840. The van der Waals surface area contributed by atoms with Crippen molar-refractivity contribution >= 4 is 5.91 Å². The SMILES string of the molecule is COCCOCC(=O)NCC(C)CN. The van der Waals surface area contributed by atoms with E-state index in [-0.39, 0.29) is 12.5 Å². The molecule has 0 saturated heterocycles. The number of nitrogens with one attached hydrogen (secondary N) is 1. The lowest BCUT2D eigenvalue weighted by Gasteiger charge is -2.10. The van der Waals surface area contributed by atoms with Gasteiger partial charge in [0.05, 0.1) is 13.2 Å². The normalized spacial score (nSPS) is 12.5. The van der Waals surface area contributed by atoms with Gasteiger partial charge < -0.3 is 20.5 Å². The summed E-state index contributed by atoms with van der Waals surface area (Å²) >= 11 is 0. The smallest absolute Gasteiger partial charge is 0.246 e. The number of rotatable bonds is 8. The number of hydrogen-bond donors (Lipinski definition) is 2. The molecule has 1 unspecified atom stereocenters. The van der Waals surface area contributed by atoms with Crippen LogP contribution < -0.4 is 11.1 Å². The van der Waals surface area contributed by atoms with Crippen molar-refractivity contribution in [2.75, 3.05) is 40.0 Å². The first-order chi connectivity index (χ1) is 6.70. The van der Waals surface area contributed by atoms with Crippen LogP contribution in [-0.2, 0) is 14.3 Å². The van der Waals surface area contributed by atoms with E-state index in [0.717, 1.165) is 0 Å². The van der Waals surface area contributed by atoms with Gasteiger partial charge in [0.1, 0.15) is 6.61 Å². The first kappa shape index (κ1) is 13.4. The summed E-state index contributed by atoms with van der Waals surface area (Å²) in [5, 5.41) is 2.73. The molecule has 0 saturated carbocycles. The van der Waals surface area contributed by atoms with Gasteiger partial charge in [-0.1, -0.05) is 6.92 Å². The number of methoxy groups -OCH3 is 1. The van der Waals surface area contributed by atoms with Crippen molar-refractivity contribution in [1.29, 1.82) is 0 Å². The van der Waals surface area contributed by atoms with E-state index in [2.05, 4.69) is 5.32 Å². The number of nitrogens with two attached hydrogens (primary N) is 1. The highest BCUT2D eigenvalue weighted by Crippen LogP contribution is 1.86. The van der Waals surface area contributed by atoms with Gasteiger partial charge >= 0.3 is 0 Å². The average molecular weight is 204 g/mol. The summed E-state index contributed by atoms with van der Waals surface area (Å²) in [7, 11) is 1.59. The fourth-order valence-electron chi connectivity index (χ4n) is 0.730. The zero-order valence-electron chi connectivity index (χ0n) is 8.91. The molecule has 0 bridgehead atoms. The second kappa shape index (κ2) is 8.93. The zero-order valence-corrected chi connectivity index (χ0v) is 8.91. The second-order valence-corrected chi connectivity index (χ2v) is 3.19. The number of amides is 1. The Bertz CT molecular complexity index is 153. The maximum Gasteiger partial charge on any atom is 0.246 e. The molecule has 5 nitrogen and oxygen atoms in total. The van der Waals surface area contributed by atoms with Gasteiger partial charge in [-0.05, 0) is 12.5 Å². The standard InChI is InChI=1S/C9H20N2O3/c1-8(5-10)6-11-9(12)7-14-4-3-13-2/h8H,3-7,10H2,1-2H3,(H,11,12). The molecule has 5 heteroatoms. The van der Waals surface area contributed by atoms with Crippen LogP contribution in [0.25, 0.3) is 0 Å². The number of ether oxygens (including phenoxy) is 2. The minimum Gasteiger partial charge on any atom is -0.382 e. The lowest BCUT2D eigenvalue weighted by Crippen LogP contribution is -2.33. The quantitative estimate of drug-likeness (QED) is 0.516. The molecule has 1 atom stereocenters. The maximum atomic E-state index is 11.1. The van der Waals surface area contributed by atoms with Gasteiger partial charge in [0.15, 0.2) is 0 Å². The van der Waals surface area contributed by atoms with Crippen LogP contribution in [0.5, 0.6) is 0 Å². The molecule has 0 spiro atoms. The molecule has 3 N–H and O–H groups in total. The molecule has 1 amide bonds. The third kappa shape index (κ3) is 7.97. The van der Waals surface area contributed by atoms with E-state index in [1.807, 2.05) is 6.92 Å². The van der Waals surface area contributed by atoms with Crippen molar-refractivity contribution < 1.29 is 14.3 Å². The Morgan fingerprint density at radius 3 is 2.79 bits per heavy atom. The first-order valence-electron chi connectivity index (χ1n) is 4.74. The Labute approximate surface area is 84.9 Å².